The van der Waals surface area contributed by atoms with Crippen molar-refractivity contribution in [2.24, 2.45) is 0 Å². The lowest BCUT2D eigenvalue weighted by molar-refractivity contribution is 0.0950. The molecule has 0 unspecified atom stereocenters. The van der Waals surface area contributed by atoms with Gasteiger partial charge in [0, 0.05) is 18.0 Å². The molecule has 0 saturated heterocycles. The van der Waals surface area contributed by atoms with Crippen molar-refractivity contribution in [2.45, 2.75) is 13.5 Å². The Morgan fingerprint density at radius 1 is 1.33 bits per heavy atom. The van der Waals surface area contributed by atoms with Gasteiger partial charge in [-0.2, -0.15) is 0 Å². The van der Waals surface area contributed by atoms with Crippen molar-refractivity contribution in [3.8, 4) is 0 Å². The third-order valence-electron chi connectivity index (χ3n) is 2.25. The molecule has 18 heavy (non-hydrogen) atoms. The van der Waals surface area contributed by atoms with Gasteiger partial charge in [-0.25, -0.2) is 15.0 Å². The molecule has 92 valence electrons. The maximum atomic E-state index is 11.8. The lowest BCUT2D eigenvalue weighted by Crippen LogP contribution is -2.23. The molecule has 2 rings (SSSR count). The smallest absolute Gasteiger partial charge is 0.251 e. The van der Waals surface area contributed by atoms with E-state index in [0.717, 1.165) is 5.69 Å². The zero-order valence-corrected chi connectivity index (χ0v) is 10.5. The number of aromatic nitrogens is 3. The minimum atomic E-state index is -0.212. The predicted octanol–water partition coefficient (Wildman–Crippen LogP) is 1.76. The Morgan fingerprint density at radius 2 is 2.11 bits per heavy atom. The number of carbonyl (C=O) groups excluding carboxylic acids is 1. The summed E-state index contributed by atoms with van der Waals surface area (Å²) in [5, 5.41) is 3.05. The average Bonchev–Trinajstić information content (AvgIpc) is 2.36. The molecule has 5 nitrogen and oxygen atoms in total. The summed E-state index contributed by atoms with van der Waals surface area (Å²) in [6, 6.07) is 4.88. The first-order chi connectivity index (χ1) is 8.65. The van der Waals surface area contributed by atoms with Crippen LogP contribution >= 0.6 is 11.6 Å². The predicted molar refractivity (Wildman–Crippen MR) is 67.2 cm³/mol. The molecule has 2 heterocycles. The minimum Gasteiger partial charge on any atom is -0.346 e. The fourth-order valence-corrected chi connectivity index (χ4v) is 1.59. The Labute approximate surface area is 109 Å². The second-order valence-corrected chi connectivity index (χ2v) is 4.03. The summed E-state index contributed by atoms with van der Waals surface area (Å²) in [5.74, 6) is 0.462. The molecule has 1 N–H and O–H groups in total. The molecular weight excluding hydrogens is 252 g/mol. The number of pyridine rings is 1. The molecular formula is C12H11ClN4O. The van der Waals surface area contributed by atoms with Crippen molar-refractivity contribution in [3.05, 3.63) is 52.8 Å². The summed E-state index contributed by atoms with van der Waals surface area (Å²) in [6.45, 7) is 2.15. The third kappa shape index (κ3) is 3.24. The van der Waals surface area contributed by atoms with Crippen LogP contribution in [0, 0.1) is 6.92 Å². The first kappa shape index (κ1) is 12.4. The van der Waals surface area contributed by atoms with Crippen LogP contribution in [-0.2, 0) is 6.54 Å². The van der Waals surface area contributed by atoms with E-state index in [1.54, 1.807) is 25.3 Å². The molecule has 0 aromatic carbocycles. The second-order valence-electron chi connectivity index (χ2n) is 3.65. The van der Waals surface area contributed by atoms with Crippen LogP contribution in [0.15, 0.2) is 30.6 Å². The zero-order valence-electron chi connectivity index (χ0n) is 9.72. The van der Waals surface area contributed by atoms with E-state index in [1.807, 2.05) is 0 Å². The molecule has 0 aliphatic rings. The molecule has 2 aromatic rings. The van der Waals surface area contributed by atoms with Crippen LogP contribution in [0.1, 0.15) is 21.9 Å². The van der Waals surface area contributed by atoms with Gasteiger partial charge in [0.2, 0.25) is 0 Å². The second kappa shape index (κ2) is 5.55. The van der Waals surface area contributed by atoms with E-state index in [4.69, 9.17) is 11.6 Å². The number of hydrogen-bond donors (Lipinski definition) is 1. The highest BCUT2D eigenvalue weighted by atomic mass is 35.5. The van der Waals surface area contributed by atoms with E-state index in [9.17, 15) is 4.79 Å². The number of carbonyl (C=O) groups is 1. The fraction of sp³-hybridized carbons (Fsp3) is 0.167. The summed E-state index contributed by atoms with van der Waals surface area (Å²) < 4.78 is 0. The van der Waals surface area contributed by atoms with Crippen LogP contribution < -0.4 is 5.32 Å². The van der Waals surface area contributed by atoms with Crippen LogP contribution in [0.5, 0.6) is 0 Å². The molecule has 0 aliphatic carbocycles. The maximum absolute atomic E-state index is 11.8. The first-order valence-electron chi connectivity index (χ1n) is 5.33. The van der Waals surface area contributed by atoms with Gasteiger partial charge in [-0.3, -0.25) is 4.79 Å². The van der Waals surface area contributed by atoms with E-state index in [1.165, 1.54) is 12.3 Å². The lowest BCUT2D eigenvalue weighted by atomic mass is 10.2. The summed E-state index contributed by atoms with van der Waals surface area (Å²) >= 11 is 5.72. The Bertz CT molecular complexity index is 574. The Kier molecular flexibility index (Phi) is 3.84. The van der Waals surface area contributed by atoms with E-state index in [-0.39, 0.29) is 5.91 Å². The largest absolute Gasteiger partial charge is 0.346 e. The first-order valence-corrected chi connectivity index (χ1v) is 5.71. The number of nitrogens with zero attached hydrogens (tertiary/aromatic N) is 3. The average molecular weight is 263 g/mol. The van der Waals surface area contributed by atoms with Gasteiger partial charge >= 0.3 is 0 Å². The highest BCUT2D eigenvalue weighted by Gasteiger charge is 2.06. The standard InChI is InChI=1S/C12H11ClN4O/c1-8-14-5-3-10(17-8)7-16-12(18)9-2-4-15-11(13)6-9/h2-6H,7H2,1H3,(H,16,18). The molecule has 1 amide bonds. The van der Waals surface area contributed by atoms with E-state index >= 15 is 0 Å². The van der Waals surface area contributed by atoms with Crippen molar-refractivity contribution < 1.29 is 4.79 Å². The van der Waals surface area contributed by atoms with Gasteiger partial charge in [0.1, 0.15) is 11.0 Å². The van der Waals surface area contributed by atoms with Gasteiger partial charge in [0.25, 0.3) is 5.91 Å². The molecule has 0 radical (unpaired) electrons. The Hall–Kier alpha value is -2.01. The van der Waals surface area contributed by atoms with Crippen LogP contribution in [0.4, 0.5) is 0 Å². The highest BCUT2D eigenvalue weighted by molar-refractivity contribution is 6.29. The van der Waals surface area contributed by atoms with Crippen molar-refractivity contribution in [2.75, 3.05) is 0 Å². The fourth-order valence-electron chi connectivity index (χ4n) is 1.42. The van der Waals surface area contributed by atoms with Crippen LogP contribution in [0.3, 0.4) is 0 Å². The highest BCUT2D eigenvalue weighted by Crippen LogP contribution is 2.07. The molecule has 0 spiro atoms. The van der Waals surface area contributed by atoms with Gasteiger partial charge in [-0.1, -0.05) is 11.6 Å². The minimum absolute atomic E-state index is 0.212. The van der Waals surface area contributed by atoms with Crippen molar-refractivity contribution in [1.29, 1.82) is 0 Å². The van der Waals surface area contributed by atoms with E-state index in [0.29, 0.717) is 23.1 Å². The third-order valence-corrected chi connectivity index (χ3v) is 2.46. The number of rotatable bonds is 3. The van der Waals surface area contributed by atoms with Crippen molar-refractivity contribution in [1.82, 2.24) is 20.3 Å². The van der Waals surface area contributed by atoms with Crippen molar-refractivity contribution in [3.63, 3.8) is 0 Å². The van der Waals surface area contributed by atoms with E-state index in [2.05, 4.69) is 20.3 Å². The van der Waals surface area contributed by atoms with Crippen LogP contribution in [-0.4, -0.2) is 20.9 Å². The number of halogens is 1. The topological polar surface area (TPSA) is 67.8 Å². The lowest BCUT2D eigenvalue weighted by Gasteiger charge is -2.05. The quantitative estimate of drug-likeness (QED) is 0.856. The zero-order chi connectivity index (χ0) is 13.0. The molecule has 6 heteroatoms. The Balaban J connectivity index is 2.00. The van der Waals surface area contributed by atoms with E-state index < -0.39 is 0 Å². The molecule has 2 aromatic heterocycles. The molecule has 0 aliphatic heterocycles. The van der Waals surface area contributed by atoms with Gasteiger partial charge in [0.05, 0.1) is 12.2 Å². The Morgan fingerprint density at radius 3 is 2.83 bits per heavy atom. The van der Waals surface area contributed by atoms with Crippen LogP contribution in [0.2, 0.25) is 5.15 Å². The monoisotopic (exact) mass is 262 g/mol. The summed E-state index contributed by atoms with van der Waals surface area (Å²) in [4.78, 5) is 23.8. The molecule has 0 saturated carbocycles. The van der Waals surface area contributed by atoms with Gasteiger partial charge < -0.3 is 5.32 Å². The number of nitrogens with one attached hydrogen (secondary N) is 1. The molecule has 0 fully saturated rings. The SMILES string of the molecule is Cc1nccc(CNC(=O)c2ccnc(Cl)c2)n1. The summed E-state index contributed by atoms with van der Waals surface area (Å²) in [6.07, 6.45) is 3.15. The van der Waals surface area contributed by atoms with Crippen LogP contribution in [0.25, 0.3) is 0 Å². The normalized spacial score (nSPS) is 10.1. The number of aryl methyl sites for hydroxylation is 1. The summed E-state index contributed by atoms with van der Waals surface area (Å²) in [5.41, 5.74) is 1.23. The summed E-state index contributed by atoms with van der Waals surface area (Å²) in [7, 11) is 0. The maximum Gasteiger partial charge on any atom is 0.251 e. The van der Waals surface area contributed by atoms with Gasteiger partial charge in [-0.15, -0.1) is 0 Å². The van der Waals surface area contributed by atoms with Gasteiger partial charge in [-0.05, 0) is 25.1 Å². The number of hydrogen-bond acceptors (Lipinski definition) is 4. The molecule has 0 bridgehead atoms. The van der Waals surface area contributed by atoms with Gasteiger partial charge in [0.15, 0.2) is 0 Å². The molecule has 0 atom stereocenters. The number of amides is 1. The van der Waals surface area contributed by atoms with Crippen molar-refractivity contribution >= 4 is 17.5 Å².